The molecule has 1 fully saturated rings. The van der Waals surface area contributed by atoms with Crippen LogP contribution in [0.25, 0.3) is 0 Å². The number of nitrogens with zero attached hydrogens (tertiary/aromatic N) is 1. The summed E-state index contributed by atoms with van der Waals surface area (Å²) in [5.41, 5.74) is 2.29. The predicted molar refractivity (Wildman–Crippen MR) is 62.0 cm³/mol. The Morgan fingerprint density at radius 2 is 2.00 bits per heavy atom. The van der Waals surface area contributed by atoms with Gasteiger partial charge in [0.1, 0.15) is 0 Å². The van der Waals surface area contributed by atoms with Gasteiger partial charge in [0.05, 0.1) is 5.08 Å². The van der Waals surface area contributed by atoms with Crippen molar-refractivity contribution in [2.45, 2.75) is 6.92 Å². The molecule has 0 bridgehead atoms. The Hall–Kier alpha value is -0.120. The number of hydrogen-bond donors (Lipinski definition) is 0. The van der Waals surface area contributed by atoms with Crippen LogP contribution in [0.2, 0.25) is 0 Å². The van der Waals surface area contributed by atoms with Gasteiger partial charge < -0.3 is 0 Å². The van der Waals surface area contributed by atoms with E-state index in [1.807, 2.05) is 18.2 Å². The predicted octanol–water partition coefficient (Wildman–Crippen LogP) is 3.59. The third-order valence-corrected chi connectivity index (χ3v) is 4.91. The van der Waals surface area contributed by atoms with Gasteiger partial charge in [0, 0.05) is 11.6 Å². The van der Waals surface area contributed by atoms with Gasteiger partial charge in [-0.3, -0.25) is 0 Å². The highest BCUT2D eigenvalue weighted by Crippen LogP contribution is 2.36. The van der Waals surface area contributed by atoms with E-state index in [0.717, 1.165) is 10.8 Å². The molecule has 0 N–H and O–H groups in total. The monoisotopic (exact) mass is 230 g/mol. The zero-order valence-electron chi connectivity index (χ0n) is 7.16. The Labute approximate surface area is 91.3 Å². The SMILES string of the molecule is Cc1ccccc1[N+](Cl)=C1SCS1. The van der Waals surface area contributed by atoms with Gasteiger partial charge in [-0.25, -0.2) is 0 Å². The lowest BCUT2D eigenvalue weighted by Gasteiger charge is -2.08. The largest absolute Gasteiger partial charge is 0.298 e. The Kier molecular flexibility index (Phi) is 2.86. The second-order valence-corrected chi connectivity index (χ2v) is 5.63. The van der Waals surface area contributed by atoms with Crippen molar-refractivity contribution in [1.82, 2.24) is 0 Å². The van der Waals surface area contributed by atoms with Gasteiger partial charge in [0.2, 0.25) is 5.69 Å². The van der Waals surface area contributed by atoms with E-state index < -0.39 is 0 Å². The van der Waals surface area contributed by atoms with E-state index >= 15 is 0 Å². The summed E-state index contributed by atoms with van der Waals surface area (Å²) in [4.78, 5) is 0. The van der Waals surface area contributed by atoms with Crippen molar-refractivity contribution in [3.05, 3.63) is 29.8 Å². The summed E-state index contributed by atoms with van der Waals surface area (Å²) in [5.74, 6) is 0. The first-order chi connectivity index (χ1) is 6.29. The molecule has 13 heavy (non-hydrogen) atoms. The smallest absolute Gasteiger partial charge is 0.0632 e. The molecule has 1 aliphatic heterocycles. The van der Waals surface area contributed by atoms with E-state index in [9.17, 15) is 0 Å². The fraction of sp³-hybridized carbons (Fsp3) is 0.222. The molecule has 4 heteroatoms. The summed E-state index contributed by atoms with van der Waals surface area (Å²) in [6, 6.07) is 8.13. The topological polar surface area (TPSA) is 3.01 Å². The maximum atomic E-state index is 6.17. The lowest BCUT2D eigenvalue weighted by atomic mass is 10.2. The van der Waals surface area contributed by atoms with Crippen molar-refractivity contribution < 1.29 is 4.09 Å². The molecule has 2 rings (SSSR count). The van der Waals surface area contributed by atoms with Crippen molar-refractivity contribution >= 4 is 45.4 Å². The van der Waals surface area contributed by atoms with Crippen molar-refractivity contribution in [1.29, 1.82) is 0 Å². The highest BCUT2D eigenvalue weighted by Gasteiger charge is 2.26. The summed E-state index contributed by atoms with van der Waals surface area (Å²) in [6.07, 6.45) is 0. The molecule has 0 unspecified atom stereocenters. The van der Waals surface area contributed by atoms with Crippen LogP contribution in [0.15, 0.2) is 24.3 Å². The molecule has 0 atom stereocenters. The number of para-hydroxylation sites is 1. The minimum absolute atomic E-state index is 1.08. The number of benzene rings is 1. The first-order valence-electron chi connectivity index (χ1n) is 3.93. The molecule has 1 nitrogen and oxygen atoms in total. The van der Waals surface area contributed by atoms with E-state index in [0.29, 0.717) is 0 Å². The molecule has 0 spiro atoms. The van der Waals surface area contributed by atoms with Gasteiger partial charge in [-0.15, -0.1) is 0 Å². The van der Waals surface area contributed by atoms with Crippen LogP contribution in [0.3, 0.4) is 0 Å². The molecule has 1 aromatic rings. The third kappa shape index (κ3) is 1.87. The summed E-state index contributed by atoms with van der Waals surface area (Å²) < 4.78 is 2.92. The number of aryl methyl sites for hydroxylation is 1. The molecule has 1 saturated heterocycles. The second kappa shape index (κ2) is 3.95. The van der Waals surface area contributed by atoms with Crippen LogP contribution in [0.1, 0.15) is 5.56 Å². The summed E-state index contributed by atoms with van der Waals surface area (Å²) >= 11 is 9.75. The summed E-state index contributed by atoms with van der Waals surface area (Å²) in [6.45, 7) is 2.07. The van der Waals surface area contributed by atoms with Gasteiger partial charge in [0.25, 0.3) is 16.2 Å². The summed E-state index contributed by atoms with van der Waals surface area (Å²) in [7, 11) is 0. The van der Waals surface area contributed by atoms with Crippen LogP contribution >= 0.6 is 35.3 Å². The van der Waals surface area contributed by atoms with Crippen LogP contribution in [-0.4, -0.2) is 13.6 Å². The van der Waals surface area contributed by atoms with Crippen LogP contribution < -0.4 is 0 Å². The highest BCUT2D eigenvalue weighted by atomic mass is 35.5. The van der Waals surface area contributed by atoms with Crippen LogP contribution in [0.5, 0.6) is 0 Å². The lowest BCUT2D eigenvalue weighted by molar-refractivity contribution is -0.258. The van der Waals surface area contributed by atoms with Crippen molar-refractivity contribution in [3.8, 4) is 0 Å². The second-order valence-electron chi connectivity index (χ2n) is 2.74. The van der Waals surface area contributed by atoms with E-state index in [-0.39, 0.29) is 0 Å². The number of halogens is 1. The van der Waals surface area contributed by atoms with Gasteiger partial charge in [0.15, 0.2) is 0 Å². The van der Waals surface area contributed by atoms with Crippen molar-refractivity contribution in [2.24, 2.45) is 0 Å². The third-order valence-electron chi connectivity index (χ3n) is 1.85. The maximum Gasteiger partial charge on any atom is 0.298 e. The molecule has 0 amide bonds. The van der Waals surface area contributed by atoms with E-state index in [4.69, 9.17) is 11.8 Å². The Balaban J connectivity index is 2.40. The quantitative estimate of drug-likeness (QED) is 0.679. The van der Waals surface area contributed by atoms with Gasteiger partial charge >= 0.3 is 0 Å². The average Bonchev–Trinajstić information content (AvgIpc) is 2.01. The first kappa shape index (κ1) is 9.44. The van der Waals surface area contributed by atoms with Crippen LogP contribution in [-0.2, 0) is 0 Å². The molecule has 0 radical (unpaired) electrons. The normalized spacial score (nSPS) is 15.4. The van der Waals surface area contributed by atoms with Crippen LogP contribution in [0, 0.1) is 6.92 Å². The van der Waals surface area contributed by atoms with Gasteiger partial charge in [-0.05, 0) is 30.4 Å². The van der Waals surface area contributed by atoms with E-state index in [1.165, 1.54) is 9.94 Å². The summed E-state index contributed by atoms with van der Waals surface area (Å²) in [5, 5.41) is 1.12. The van der Waals surface area contributed by atoms with Crippen LogP contribution in [0.4, 0.5) is 5.69 Å². The minimum atomic E-state index is 1.08. The highest BCUT2D eigenvalue weighted by molar-refractivity contribution is 8.52. The van der Waals surface area contributed by atoms with Gasteiger partial charge in [-0.1, -0.05) is 22.3 Å². The molecular formula is C9H9ClNS2+. The van der Waals surface area contributed by atoms with E-state index in [2.05, 4.69) is 13.0 Å². The molecule has 0 saturated carbocycles. The van der Waals surface area contributed by atoms with Gasteiger partial charge in [-0.2, -0.15) is 0 Å². The molecule has 0 aromatic heterocycles. The molecule has 1 aromatic carbocycles. The average molecular weight is 231 g/mol. The molecule has 68 valence electrons. The molecule has 1 heterocycles. The van der Waals surface area contributed by atoms with E-state index in [1.54, 1.807) is 27.6 Å². The van der Waals surface area contributed by atoms with Crippen molar-refractivity contribution in [3.63, 3.8) is 0 Å². The number of hydrogen-bond acceptors (Lipinski definition) is 2. The molecule has 1 aliphatic rings. The maximum absolute atomic E-state index is 6.17. The number of thioether (sulfide) groups is 2. The lowest BCUT2D eigenvalue weighted by Crippen LogP contribution is -2.09. The number of rotatable bonds is 1. The Bertz CT molecular complexity index is 356. The fourth-order valence-corrected chi connectivity index (χ4v) is 2.91. The minimum Gasteiger partial charge on any atom is -0.0632 e. The van der Waals surface area contributed by atoms with Crippen molar-refractivity contribution in [2.75, 3.05) is 5.08 Å². The molecular weight excluding hydrogens is 222 g/mol. The Morgan fingerprint density at radius 3 is 2.54 bits per heavy atom. The standard InChI is InChI=1S/C9H9ClNS2/c1-7-4-2-3-5-8(7)11(10)9-12-6-13-9/h2-5H,6H2,1H3/q+1. The fourth-order valence-electron chi connectivity index (χ4n) is 1.11. The molecule has 0 aliphatic carbocycles. The first-order valence-corrected chi connectivity index (χ1v) is 6.24. The Morgan fingerprint density at radius 1 is 1.31 bits per heavy atom. The zero-order valence-corrected chi connectivity index (χ0v) is 9.55. The zero-order chi connectivity index (χ0) is 9.26.